The highest BCUT2D eigenvalue weighted by Crippen LogP contribution is 2.25. The molecule has 1 N–H and O–H groups in total. The van der Waals surface area contributed by atoms with E-state index >= 15 is 0 Å². The molecule has 5 heteroatoms. The molecule has 0 saturated carbocycles. The average Bonchev–Trinajstić information content (AvgIpc) is 3.42. The van der Waals surface area contributed by atoms with Gasteiger partial charge in [-0.2, -0.15) is 0 Å². The summed E-state index contributed by atoms with van der Waals surface area (Å²) in [4.78, 5) is 27.4. The summed E-state index contributed by atoms with van der Waals surface area (Å²) in [6, 6.07) is 20.5. The average molecular weight is 386 g/mol. The summed E-state index contributed by atoms with van der Waals surface area (Å²) in [7, 11) is 0. The van der Waals surface area contributed by atoms with E-state index in [1.807, 2.05) is 54.6 Å². The Hall–Kier alpha value is -3.60. The van der Waals surface area contributed by atoms with Crippen LogP contribution in [0, 0.1) is 0 Å². The van der Waals surface area contributed by atoms with Gasteiger partial charge in [0.2, 0.25) is 5.91 Å². The predicted octanol–water partition coefficient (Wildman–Crippen LogP) is 4.03. The molecule has 5 nitrogen and oxygen atoms in total. The summed E-state index contributed by atoms with van der Waals surface area (Å²) < 4.78 is 5.25. The third-order valence-corrected chi connectivity index (χ3v) is 5.07. The number of hydrogen-bond acceptors (Lipinski definition) is 3. The summed E-state index contributed by atoms with van der Waals surface area (Å²) in [5, 5.41) is 2.85. The van der Waals surface area contributed by atoms with Gasteiger partial charge in [0, 0.05) is 12.1 Å². The lowest BCUT2D eigenvalue weighted by Gasteiger charge is -2.23. The number of likely N-dealkylation sites (tertiary alicyclic amines) is 1. The molecule has 1 aliphatic rings. The second kappa shape index (κ2) is 8.19. The first kappa shape index (κ1) is 18.7. The second-order valence-electron chi connectivity index (χ2n) is 7.14. The van der Waals surface area contributed by atoms with E-state index in [9.17, 15) is 9.59 Å². The minimum Gasteiger partial charge on any atom is -0.467 e. The van der Waals surface area contributed by atoms with Gasteiger partial charge < -0.3 is 14.6 Å². The van der Waals surface area contributed by atoms with Gasteiger partial charge in [-0.3, -0.25) is 9.59 Å². The van der Waals surface area contributed by atoms with Gasteiger partial charge in [0.15, 0.2) is 0 Å². The van der Waals surface area contributed by atoms with Gasteiger partial charge in [-0.25, -0.2) is 0 Å². The summed E-state index contributed by atoms with van der Waals surface area (Å²) in [5.41, 5.74) is 3.57. The van der Waals surface area contributed by atoms with Gasteiger partial charge in [-0.05, 0) is 41.8 Å². The maximum Gasteiger partial charge on any atom is 0.254 e. The number of carbonyl (C=O) groups is 2. The van der Waals surface area contributed by atoms with Crippen molar-refractivity contribution in [3.05, 3.63) is 96.5 Å². The van der Waals surface area contributed by atoms with Crippen molar-refractivity contribution in [2.75, 3.05) is 6.54 Å². The lowest BCUT2D eigenvalue weighted by molar-refractivity contribution is -0.125. The molecule has 4 rings (SSSR count). The zero-order chi connectivity index (χ0) is 20.2. The van der Waals surface area contributed by atoms with E-state index in [0.717, 1.165) is 16.7 Å². The Kier molecular flexibility index (Phi) is 5.29. The van der Waals surface area contributed by atoms with E-state index in [-0.39, 0.29) is 11.8 Å². The molecular weight excluding hydrogens is 364 g/mol. The highest BCUT2D eigenvalue weighted by atomic mass is 16.3. The largest absolute Gasteiger partial charge is 0.467 e. The first-order valence-corrected chi connectivity index (χ1v) is 9.55. The molecule has 0 spiro atoms. The van der Waals surface area contributed by atoms with Crippen LogP contribution in [0.15, 0.2) is 89.6 Å². The van der Waals surface area contributed by atoms with Gasteiger partial charge in [0.25, 0.3) is 5.91 Å². The molecule has 0 unspecified atom stereocenters. The van der Waals surface area contributed by atoms with Crippen LogP contribution in [0.5, 0.6) is 0 Å². The highest BCUT2D eigenvalue weighted by molar-refractivity contribution is 5.98. The lowest BCUT2D eigenvalue weighted by atomic mass is 10.0. The number of carbonyl (C=O) groups excluding carboxylic acids is 2. The van der Waals surface area contributed by atoms with E-state index in [2.05, 4.69) is 11.9 Å². The van der Waals surface area contributed by atoms with E-state index in [4.69, 9.17) is 4.42 Å². The zero-order valence-corrected chi connectivity index (χ0v) is 16.0. The first-order valence-electron chi connectivity index (χ1n) is 9.55. The van der Waals surface area contributed by atoms with Crippen LogP contribution in [-0.4, -0.2) is 29.3 Å². The van der Waals surface area contributed by atoms with E-state index in [1.165, 1.54) is 0 Å². The Labute approximate surface area is 169 Å². The van der Waals surface area contributed by atoms with E-state index < -0.39 is 6.04 Å². The van der Waals surface area contributed by atoms with Gasteiger partial charge in [0.1, 0.15) is 11.8 Å². The van der Waals surface area contributed by atoms with Gasteiger partial charge in [-0.1, -0.05) is 54.6 Å². The normalized spacial score (nSPS) is 16.1. The molecule has 0 bridgehead atoms. The topological polar surface area (TPSA) is 62.6 Å². The third kappa shape index (κ3) is 4.14. The molecule has 2 aromatic carbocycles. The van der Waals surface area contributed by atoms with Crippen molar-refractivity contribution in [3.63, 3.8) is 0 Å². The van der Waals surface area contributed by atoms with Crippen molar-refractivity contribution in [2.45, 2.75) is 19.0 Å². The monoisotopic (exact) mass is 386 g/mol. The number of nitrogens with zero attached hydrogens (tertiary/aromatic N) is 1. The standard InChI is InChI=1S/C24H22N2O3/c1-17-14-22(23(27)25-15-21-8-5-13-29-21)26(16-17)24(28)20-11-9-19(10-12-20)18-6-3-2-4-7-18/h2-13,22H,1,14-16H2,(H,25,27)/t22-/m0/s1. The van der Waals surface area contributed by atoms with Crippen LogP contribution in [0.1, 0.15) is 22.5 Å². The number of hydrogen-bond donors (Lipinski definition) is 1. The van der Waals surface area contributed by atoms with Crippen molar-refractivity contribution in [2.24, 2.45) is 0 Å². The van der Waals surface area contributed by atoms with Crippen LogP contribution in [0.3, 0.4) is 0 Å². The summed E-state index contributed by atoms with van der Waals surface area (Å²) in [6.45, 7) is 4.67. The Morgan fingerprint density at radius 2 is 1.72 bits per heavy atom. The van der Waals surface area contributed by atoms with Crippen LogP contribution in [-0.2, 0) is 11.3 Å². The van der Waals surface area contributed by atoms with Gasteiger partial charge in [0.05, 0.1) is 12.8 Å². The molecular formula is C24H22N2O3. The smallest absolute Gasteiger partial charge is 0.254 e. The SMILES string of the molecule is C=C1C[C@@H](C(=O)NCc2ccco2)N(C(=O)c2ccc(-c3ccccc3)cc2)C1. The Balaban J connectivity index is 1.47. The Morgan fingerprint density at radius 1 is 1.00 bits per heavy atom. The van der Waals surface area contributed by atoms with Crippen molar-refractivity contribution in [1.82, 2.24) is 10.2 Å². The second-order valence-corrected chi connectivity index (χ2v) is 7.14. The van der Waals surface area contributed by atoms with Gasteiger partial charge in [-0.15, -0.1) is 0 Å². The van der Waals surface area contributed by atoms with Crippen LogP contribution in [0.2, 0.25) is 0 Å². The number of rotatable bonds is 5. The van der Waals surface area contributed by atoms with E-state index in [0.29, 0.717) is 30.8 Å². The third-order valence-electron chi connectivity index (χ3n) is 5.07. The van der Waals surface area contributed by atoms with Crippen LogP contribution >= 0.6 is 0 Å². The Morgan fingerprint density at radius 3 is 2.41 bits per heavy atom. The lowest BCUT2D eigenvalue weighted by Crippen LogP contribution is -2.45. The molecule has 1 atom stereocenters. The molecule has 2 amide bonds. The Bertz CT molecular complexity index is 1010. The van der Waals surface area contributed by atoms with Crippen LogP contribution in [0.4, 0.5) is 0 Å². The molecule has 3 aromatic rings. The van der Waals surface area contributed by atoms with Crippen molar-refractivity contribution < 1.29 is 14.0 Å². The summed E-state index contributed by atoms with van der Waals surface area (Å²) in [5.74, 6) is 0.306. The number of benzene rings is 2. The van der Waals surface area contributed by atoms with Crippen molar-refractivity contribution >= 4 is 11.8 Å². The summed E-state index contributed by atoms with van der Waals surface area (Å²) in [6.07, 6.45) is 2.03. The molecule has 0 radical (unpaired) electrons. The molecule has 1 fully saturated rings. The predicted molar refractivity (Wildman–Crippen MR) is 111 cm³/mol. The number of furan rings is 1. The molecule has 1 aromatic heterocycles. The molecule has 1 aliphatic heterocycles. The highest BCUT2D eigenvalue weighted by Gasteiger charge is 2.36. The fraction of sp³-hybridized carbons (Fsp3) is 0.167. The minimum atomic E-state index is -0.557. The molecule has 146 valence electrons. The maximum absolute atomic E-state index is 13.1. The van der Waals surface area contributed by atoms with Crippen LogP contribution < -0.4 is 5.32 Å². The van der Waals surface area contributed by atoms with Crippen LogP contribution in [0.25, 0.3) is 11.1 Å². The van der Waals surface area contributed by atoms with Crippen molar-refractivity contribution in [3.8, 4) is 11.1 Å². The first-order chi connectivity index (χ1) is 14.1. The quantitative estimate of drug-likeness (QED) is 0.674. The molecule has 1 saturated heterocycles. The number of amides is 2. The molecule has 29 heavy (non-hydrogen) atoms. The van der Waals surface area contributed by atoms with E-state index in [1.54, 1.807) is 23.3 Å². The molecule has 2 heterocycles. The van der Waals surface area contributed by atoms with Crippen molar-refractivity contribution in [1.29, 1.82) is 0 Å². The van der Waals surface area contributed by atoms with Gasteiger partial charge >= 0.3 is 0 Å². The minimum absolute atomic E-state index is 0.165. The fourth-order valence-corrected chi connectivity index (χ4v) is 3.55. The summed E-state index contributed by atoms with van der Waals surface area (Å²) >= 11 is 0. The zero-order valence-electron chi connectivity index (χ0n) is 16.0. The molecule has 0 aliphatic carbocycles. The maximum atomic E-state index is 13.1. The number of nitrogens with one attached hydrogen (secondary N) is 1. The fourth-order valence-electron chi connectivity index (χ4n) is 3.55.